The van der Waals surface area contributed by atoms with E-state index in [0.29, 0.717) is 5.56 Å². The van der Waals surface area contributed by atoms with Crippen molar-refractivity contribution >= 4 is 29.1 Å². The van der Waals surface area contributed by atoms with E-state index < -0.39 is 22.5 Å². The fourth-order valence-corrected chi connectivity index (χ4v) is 2.86. The molecule has 0 saturated heterocycles. The van der Waals surface area contributed by atoms with E-state index in [0.717, 1.165) is 6.07 Å². The van der Waals surface area contributed by atoms with E-state index in [1.807, 2.05) is 0 Å². The van der Waals surface area contributed by atoms with Crippen LogP contribution in [0.1, 0.15) is 17.5 Å². The fraction of sp³-hybridized carbons (Fsp3) is 0.167. The van der Waals surface area contributed by atoms with Crippen molar-refractivity contribution in [2.24, 2.45) is 5.10 Å². The summed E-state index contributed by atoms with van der Waals surface area (Å²) in [7, 11) is 1.17. The third-order valence-electron chi connectivity index (χ3n) is 4.28. The molecule has 0 radical (unpaired) electrons. The minimum Gasteiger partial charge on any atom is -0.452 e. The van der Waals surface area contributed by atoms with E-state index >= 15 is 0 Å². The maximum atomic E-state index is 12.5. The zero-order valence-corrected chi connectivity index (χ0v) is 14.7. The highest BCUT2D eigenvalue weighted by molar-refractivity contribution is 6.11. The third kappa shape index (κ3) is 3.53. The lowest BCUT2D eigenvalue weighted by atomic mass is 9.87. The molecule has 3 rings (SSSR count). The quantitative estimate of drug-likeness (QED) is 0.408. The van der Waals surface area contributed by atoms with Gasteiger partial charge in [0.15, 0.2) is 5.60 Å². The number of non-ortho nitro benzene ring substituents is 1. The Hall–Kier alpha value is -3.79. The van der Waals surface area contributed by atoms with Gasteiger partial charge in [0, 0.05) is 29.8 Å². The Morgan fingerprint density at radius 3 is 2.68 bits per heavy atom. The van der Waals surface area contributed by atoms with Crippen molar-refractivity contribution in [1.82, 2.24) is 5.43 Å². The molecule has 0 saturated carbocycles. The van der Waals surface area contributed by atoms with Crippen LogP contribution in [-0.4, -0.2) is 34.9 Å². The summed E-state index contributed by atoms with van der Waals surface area (Å²) in [4.78, 5) is 34.4. The summed E-state index contributed by atoms with van der Waals surface area (Å²) in [5.74, 6) is -0.746. The lowest BCUT2D eigenvalue weighted by Crippen LogP contribution is -2.37. The van der Waals surface area contributed by atoms with E-state index in [1.54, 1.807) is 30.3 Å². The summed E-state index contributed by atoms with van der Waals surface area (Å²) in [5, 5.41) is 28.7. The molecule has 144 valence electrons. The van der Waals surface area contributed by atoms with Crippen molar-refractivity contribution in [3.8, 4) is 0 Å². The Morgan fingerprint density at radius 1 is 1.32 bits per heavy atom. The van der Waals surface area contributed by atoms with Crippen LogP contribution in [0.5, 0.6) is 0 Å². The van der Waals surface area contributed by atoms with Gasteiger partial charge < -0.3 is 15.2 Å². The SMILES string of the molecule is COC(=O)N/N=C(/C[C@@]1(O)C(=O)Nc2ccc([N+](=O)[O-])cc21)c1ccccc1. The largest absolute Gasteiger partial charge is 0.452 e. The van der Waals surface area contributed by atoms with Gasteiger partial charge in [0.25, 0.3) is 11.6 Å². The second-order valence-electron chi connectivity index (χ2n) is 6.01. The van der Waals surface area contributed by atoms with Gasteiger partial charge >= 0.3 is 6.09 Å². The lowest BCUT2D eigenvalue weighted by molar-refractivity contribution is -0.385. The number of methoxy groups -OCH3 is 1. The lowest BCUT2D eigenvalue weighted by Gasteiger charge is -2.22. The summed E-state index contributed by atoms with van der Waals surface area (Å²) in [6.07, 6.45) is -1.16. The van der Waals surface area contributed by atoms with Gasteiger partial charge in [-0.15, -0.1) is 0 Å². The van der Waals surface area contributed by atoms with E-state index in [9.17, 15) is 24.8 Å². The van der Waals surface area contributed by atoms with E-state index in [1.165, 1.54) is 19.2 Å². The molecule has 28 heavy (non-hydrogen) atoms. The fourth-order valence-electron chi connectivity index (χ4n) is 2.86. The summed E-state index contributed by atoms with van der Waals surface area (Å²) in [6.45, 7) is 0. The van der Waals surface area contributed by atoms with Gasteiger partial charge in [-0.3, -0.25) is 14.9 Å². The maximum Gasteiger partial charge on any atom is 0.427 e. The first-order chi connectivity index (χ1) is 13.3. The summed E-state index contributed by atoms with van der Waals surface area (Å²) < 4.78 is 4.48. The minimum atomic E-state index is -2.10. The first kappa shape index (κ1) is 19.0. The van der Waals surface area contributed by atoms with Gasteiger partial charge in [0.1, 0.15) is 0 Å². The number of carbonyl (C=O) groups is 2. The number of nitrogens with one attached hydrogen (secondary N) is 2. The van der Waals surface area contributed by atoms with E-state index in [2.05, 4.69) is 20.6 Å². The first-order valence-electron chi connectivity index (χ1n) is 8.14. The van der Waals surface area contributed by atoms with Crippen molar-refractivity contribution in [2.45, 2.75) is 12.0 Å². The Bertz CT molecular complexity index is 975. The molecule has 1 heterocycles. The van der Waals surface area contributed by atoms with Crippen molar-refractivity contribution in [3.63, 3.8) is 0 Å². The average Bonchev–Trinajstić information content (AvgIpc) is 2.95. The van der Waals surface area contributed by atoms with Gasteiger partial charge in [0.05, 0.1) is 17.7 Å². The molecule has 0 aromatic heterocycles. The van der Waals surface area contributed by atoms with Crippen molar-refractivity contribution in [3.05, 3.63) is 69.8 Å². The first-order valence-corrected chi connectivity index (χ1v) is 8.14. The van der Waals surface area contributed by atoms with Crippen LogP contribution in [-0.2, 0) is 15.1 Å². The molecular formula is C18H16N4O6. The van der Waals surface area contributed by atoms with Crippen molar-refractivity contribution in [2.75, 3.05) is 12.4 Å². The number of carbonyl (C=O) groups excluding carboxylic acids is 2. The smallest absolute Gasteiger partial charge is 0.427 e. The van der Waals surface area contributed by atoms with Gasteiger partial charge in [-0.25, -0.2) is 10.2 Å². The van der Waals surface area contributed by atoms with Crippen molar-refractivity contribution in [1.29, 1.82) is 0 Å². The molecule has 0 unspecified atom stereocenters. The van der Waals surface area contributed by atoms with E-state index in [-0.39, 0.29) is 29.1 Å². The number of nitrogens with zero attached hydrogens (tertiary/aromatic N) is 2. The Kier molecular flexibility index (Phi) is 5.05. The highest BCUT2D eigenvalue weighted by atomic mass is 16.6. The standard InChI is InChI=1S/C18H16N4O6/c1-28-17(24)21-20-15(11-5-3-2-4-6-11)10-18(25)13-9-12(22(26)27)7-8-14(13)19-16(18)23/h2-9,25H,10H2,1H3,(H,19,23)(H,21,24)/b20-15-/t18-/m0/s1. The number of hydrazone groups is 1. The number of aliphatic hydroxyl groups is 1. The van der Waals surface area contributed by atoms with Gasteiger partial charge in [-0.05, 0) is 11.6 Å². The van der Waals surface area contributed by atoms with Gasteiger partial charge in [-0.1, -0.05) is 30.3 Å². The van der Waals surface area contributed by atoms with Crippen LogP contribution in [0.25, 0.3) is 0 Å². The minimum absolute atomic E-state index is 0.0633. The van der Waals surface area contributed by atoms with Crippen LogP contribution in [0, 0.1) is 10.1 Å². The molecule has 2 amide bonds. The zero-order valence-electron chi connectivity index (χ0n) is 14.7. The van der Waals surface area contributed by atoms with Crippen LogP contribution in [0.3, 0.4) is 0 Å². The number of ether oxygens (including phenoxy) is 1. The molecule has 1 aliphatic rings. The number of hydrogen-bond acceptors (Lipinski definition) is 7. The molecule has 0 fully saturated rings. The molecule has 2 aromatic carbocycles. The molecule has 1 aliphatic heterocycles. The summed E-state index contributed by atoms with van der Waals surface area (Å²) in [6, 6.07) is 12.3. The Labute approximate surface area is 159 Å². The topological polar surface area (TPSA) is 143 Å². The van der Waals surface area contributed by atoms with Crippen LogP contribution in [0.4, 0.5) is 16.2 Å². The Morgan fingerprint density at radius 2 is 2.04 bits per heavy atom. The van der Waals surface area contributed by atoms with Crippen LogP contribution >= 0.6 is 0 Å². The monoisotopic (exact) mass is 384 g/mol. The molecule has 0 aliphatic carbocycles. The molecule has 1 atom stereocenters. The summed E-state index contributed by atoms with van der Waals surface area (Å²) in [5.41, 5.74) is 0.856. The Balaban J connectivity index is 2.03. The molecule has 10 nitrogen and oxygen atoms in total. The molecule has 0 spiro atoms. The average molecular weight is 384 g/mol. The molecule has 10 heteroatoms. The number of nitro benzene ring substituents is 1. The molecular weight excluding hydrogens is 368 g/mol. The van der Waals surface area contributed by atoms with Crippen molar-refractivity contribution < 1.29 is 24.4 Å². The maximum absolute atomic E-state index is 12.5. The van der Waals surface area contributed by atoms with Crippen LogP contribution in [0.2, 0.25) is 0 Å². The van der Waals surface area contributed by atoms with Gasteiger partial charge in [0.2, 0.25) is 0 Å². The molecule has 3 N–H and O–H groups in total. The number of hydrogen-bond donors (Lipinski definition) is 3. The number of rotatable bonds is 5. The number of nitro groups is 1. The second-order valence-corrected chi connectivity index (χ2v) is 6.01. The molecule has 2 aromatic rings. The number of anilines is 1. The number of fused-ring (bicyclic) bond motifs is 1. The zero-order chi connectivity index (χ0) is 20.3. The highest BCUT2D eigenvalue weighted by Crippen LogP contribution is 2.41. The predicted molar refractivity (Wildman–Crippen MR) is 98.8 cm³/mol. The highest BCUT2D eigenvalue weighted by Gasteiger charge is 2.47. The predicted octanol–water partition coefficient (Wildman–Crippen LogP) is 1.88. The van der Waals surface area contributed by atoms with Crippen LogP contribution < -0.4 is 10.7 Å². The normalized spacial score (nSPS) is 18.2. The number of benzene rings is 2. The van der Waals surface area contributed by atoms with Crippen LogP contribution in [0.15, 0.2) is 53.6 Å². The number of amides is 2. The third-order valence-corrected chi connectivity index (χ3v) is 4.28. The van der Waals surface area contributed by atoms with Gasteiger partial charge in [-0.2, -0.15) is 5.10 Å². The second kappa shape index (κ2) is 7.45. The van der Waals surface area contributed by atoms with E-state index in [4.69, 9.17) is 0 Å². The summed E-state index contributed by atoms with van der Waals surface area (Å²) >= 11 is 0. The molecule has 0 bridgehead atoms.